The number of nitrogens with zero attached hydrogens (tertiary/aromatic N) is 3. The summed E-state index contributed by atoms with van der Waals surface area (Å²) >= 11 is 12.4. The summed E-state index contributed by atoms with van der Waals surface area (Å²) in [6, 6.07) is 7.55. The van der Waals surface area contributed by atoms with Crippen LogP contribution in [0.3, 0.4) is 0 Å². The monoisotopic (exact) mass is 514 g/mol. The molecule has 35 heavy (non-hydrogen) atoms. The third kappa shape index (κ3) is 5.08. The maximum Gasteiger partial charge on any atom is 0.270 e. The molecule has 0 aliphatic carbocycles. The van der Waals surface area contributed by atoms with E-state index in [9.17, 15) is 14.0 Å². The van der Waals surface area contributed by atoms with E-state index >= 15 is 0 Å². The minimum atomic E-state index is -0.573. The van der Waals surface area contributed by atoms with Gasteiger partial charge in [0.2, 0.25) is 5.91 Å². The van der Waals surface area contributed by atoms with Gasteiger partial charge < -0.3 is 15.4 Å². The van der Waals surface area contributed by atoms with E-state index in [-0.39, 0.29) is 28.2 Å². The average Bonchev–Trinajstić information content (AvgIpc) is 2.82. The molecule has 2 aliphatic heterocycles. The first-order chi connectivity index (χ1) is 16.9. The summed E-state index contributed by atoms with van der Waals surface area (Å²) in [5.74, 6) is -0.849. The lowest BCUT2D eigenvalue weighted by Gasteiger charge is -2.25. The first kappa shape index (κ1) is 23.5. The van der Waals surface area contributed by atoms with Crippen molar-refractivity contribution in [2.45, 2.75) is 0 Å². The summed E-state index contributed by atoms with van der Waals surface area (Å²) in [4.78, 5) is 31.3. The van der Waals surface area contributed by atoms with Crippen LogP contribution in [-0.2, 0) is 14.3 Å². The van der Waals surface area contributed by atoms with Crippen molar-refractivity contribution in [1.29, 1.82) is 0 Å². The summed E-state index contributed by atoms with van der Waals surface area (Å²) in [6.07, 6.45) is 2.80. The van der Waals surface area contributed by atoms with E-state index in [4.69, 9.17) is 27.9 Å². The third-order valence-electron chi connectivity index (χ3n) is 5.66. The number of benzene rings is 2. The number of amides is 2. The number of nitrogens with one attached hydrogen (secondary N) is 2. The van der Waals surface area contributed by atoms with Crippen LogP contribution in [0, 0.1) is 5.82 Å². The molecule has 0 atom stereocenters. The van der Waals surface area contributed by atoms with Gasteiger partial charge in [0.25, 0.3) is 5.91 Å². The molecular formula is C24H19Cl2FN5O3. The number of aromatic nitrogens is 1. The van der Waals surface area contributed by atoms with Crippen LogP contribution in [0.2, 0.25) is 10.0 Å². The SMILES string of the molecule is O=C1C=c2c(Nc3c(Cl)cc(F)cc3Cl)nc3ccc(NC(=O)CN4CCOCC4)cc3c2=C[N]1. The standard InChI is InChI=1S/C24H19Cl2FN5O3/c25-18-7-13(27)8-19(26)23(18)31-24-16-10-21(33)28-11-17(16)15-9-14(1-2-20(15)30-24)29-22(34)12-32-3-5-35-6-4-32/h1-2,7-11H,3-6,12H2,(H,29,34)(H,30,31). The van der Waals surface area contributed by atoms with E-state index < -0.39 is 11.7 Å². The molecule has 0 bridgehead atoms. The van der Waals surface area contributed by atoms with Crippen LogP contribution >= 0.6 is 23.2 Å². The molecule has 3 heterocycles. The Balaban J connectivity index is 1.51. The van der Waals surface area contributed by atoms with E-state index in [1.165, 1.54) is 12.3 Å². The van der Waals surface area contributed by atoms with E-state index in [1.807, 2.05) is 4.90 Å². The highest BCUT2D eigenvalue weighted by Crippen LogP contribution is 2.33. The molecule has 0 spiro atoms. The lowest BCUT2D eigenvalue weighted by atomic mass is 10.1. The Bertz CT molecular complexity index is 1450. The fourth-order valence-corrected chi connectivity index (χ4v) is 4.55. The molecule has 0 unspecified atom stereocenters. The van der Waals surface area contributed by atoms with Crippen molar-refractivity contribution >= 4 is 75.4 Å². The highest BCUT2D eigenvalue weighted by molar-refractivity contribution is 6.39. The van der Waals surface area contributed by atoms with E-state index in [0.29, 0.717) is 59.1 Å². The molecule has 0 saturated carbocycles. The Kier molecular flexibility index (Phi) is 6.57. The molecule has 1 saturated heterocycles. The summed E-state index contributed by atoms with van der Waals surface area (Å²) < 4.78 is 18.9. The first-order valence-electron chi connectivity index (χ1n) is 10.8. The lowest BCUT2D eigenvalue weighted by molar-refractivity contribution is -0.118. The molecule has 2 aromatic carbocycles. The van der Waals surface area contributed by atoms with Crippen LogP contribution in [0.25, 0.3) is 23.2 Å². The van der Waals surface area contributed by atoms with Gasteiger partial charge in [0, 0.05) is 46.9 Å². The number of pyridine rings is 1. The average molecular weight is 515 g/mol. The Morgan fingerprint density at radius 2 is 1.86 bits per heavy atom. The van der Waals surface area contributed by atoms with Crippen LogP contribution in [0.4, 0.5) is 21.6 Å². The second-order valence-electron chi connectivity index (χ2n) is 8.07. The fraction of sp³-hybridized carbons (Fsp3) is 0.208. The summed E-state index contributed by atoms with van der Waals surface area (Å²) in [6.45, 7) is 2.91. The second kappa shape index (κ2) is 9.79. The maximum absolute atomic E-state index is 13.6. The largest absolute Gasteiger partial charge is 0.379 e. The Morgan fingerprint density at radius 1 is 1.11 bits per heavy atom. The Hall–Kier alpha value is -3.24. The van der Waals surface area contributed by atoms with Crippen molar-refractivity contribution in [3.63, 3.8) is 0 Å². The number of halogens is 3. The van der Waals surface area contributed by atoms with Crippen LogP contribution in [0.1, 0.15) is 0 Å². The molecule has 1 fully saturated rings. The third-order valence-corrected chi connectivity index (χ3v) is 6.25. The van der Waals surface area contributed by atoms with Crippen molar-refractivity contribution in [2.24, 2.45) is 0 Å². The van der Waals surface area contributed by atoms with Gasteiger partial charge in [-0.3, -0.25) is 14.5 Å². The molecule has 8 nitrogen and oxygen atoms in total. The zero-order chi connectivity index (χ0) is 24.5. The number of rotatable bonds is 5. The number of hydrogen-bond donors (Lipinski definition) is 2. The van der Waals surface area contributed by atoms with Crippen LogP contribution in [0.15, 0.2) is 30.3 Å². The molecule has 5 rings (SSSR count). The minimum Gasteiger partial charge on any atom is -0.379 e. The van der Waals surface area contributed by atoms with Crippen molar-refractivity contribution < 1.29 is 18.7 Å². The number of hydrogen-bond acceptors (Lipinski definition) is 6. The molecule has 1 aromatic heterocycles. The van der Waals surface area contributed by atoms with Gasteiger partial charge in [0.1, 0.15) is 11.6 Å². The summed E-state index contributed by atoms with van der Waals surface area (Å²) in [5.41, 5.74) is 1.44. The molecule has 2 amide bonds. The minimum absolute atomic E-state index is 0.0692. The number of ether oxygens (including phenoxy) is 1. The normalized spacial score (nSPS) is 15.6. The van der Waals surface area contributed by atoms with Crippen LogP contribution in [0.5, 0.6) is 0 Å². The molecule has 2 N–H and O–H groups in total. The van der Waals surface area contributed by atoms with E-state index in [2.05, 4.69) is 20.9 Å². The predicted octanol–water partition coefficient (Wildman–Crippen LogP) is 2.36. The number of morpholine rings is 1. The van der Waals surface area contributed by atoms with Crippen LogP contribution in [-0.4, -0.2) is 54.5 Å². The van der Waals surface area contributed by atoms with Crippen molar-refractivity contribution in [2.75, 3.05) is 43.5 Å². The molecule has 11 heteroatoms. The van der Waals surface area contributed by atoms with Gasteiger partial charge in [-0.15, -0.1) is 0 Å². The first-order valence-corrected chi connectivity index (χ1v) is 11.5. The quantitative estimate of drug-likeness (QED) is 0.542. The molecular weight excluding hydrogens is 496 g/mol. The van der Waals surface area contributed by atoms with Gasteiger partial charge in [-0.05, 0) is 30.3 Å². The lowest BCUT2D eigenvalue weighted by Crippen LogP contribution is -2.41. The molecule has 1 radical (unpaired) electrons. The Labute approximate surface area is 209 Å². The zero-order valence-corrected chi connectivity index (χ0v) is 19.8. The van der Waals surface area contributed by atoms with Crippen molar-refractivity contribution in [3.05, 3.63) is 56.6 Å². The van der Waals surface area contributed by atoms with E-state index in [0.717, 1.165) is 12.1 Å². The summed E-state index contributed by atoms with van der Waals surface area (Å²) in [5, 5.41) is 11.8. The number of carbonyl (C=O) groups is 2. The molecule has 2 aliphatic rings. The number of carbonyl (C=O) groups excluding carboxylic acids is 2. The van der Waals surface area contributed by atoms with Crippen molar-refractivity contribution in [3.8, 4) is 0 Å². The zero-order valence-electron chi connectivity index (χ0n) is 18.3. The fourth-order valence-electron chi connectivity index (χ4n) is 3.99. The van der Waals surface area contributed by atoms with Gasteiger partial charge in [-0.25, -0.2) is 14.7 Å². The van der Waals surface area contributed by atoms with Gasteiger partial charge in [0.15, 0.2) is 0 Å². The second-order valence-corrected chi connectivity index (χ2v) is 8.88. The highest BCUT2D eigenvalue weighted by Gasteiger charge is 2.17. The van der Waals surface area contributed by atoms with Gasteiger partial charge >= 0.3 is 0 Å². The Morgan fingerprint density at radius 3 is 2.60 bits per heavy atom. The summed E-state index contributed by atoms with van der Waals surface area (Å²) in [7, 11) is 0. The highest BCUT2D eigenvalue weighted by atomic mass is 35.5. The molecule has 3 aromatic rings. The van der Waals surface area contributed by atoms with Crippen molar-refractivity contribution in [1.82, 2.24) is 15.2 Å². The smallest absolute Gasteiger partial charge is 0.270 e. The number of anilines is 3. The van der Waals surface area contributed by atoms with Crippen LogP contribution < -0.4 is 26.4 Å². The topological polar surface area (TPSA) is 97.7 Å². The number of fused-ring (bicyclic) bond motifs is 3. The van der Waals surface area contributed by atoms with Gasteiger partial charge in [-0.2, -0.15) is 0 Å². The van der Waals surface area contributed by atoms with E-state index in [1.54, 1.807) is 18.2 Å². The van der Waals surface area contributed by atoms with Gasteiger partial charge in [0.05, 0.1) is 41.0 Å². The predicted molar refractivity (Wildman–Crippen MR) is 133 cm³/mol. The van der Waals surface area contributed by atoms with Gasteiger partial charge in [-0.1, -0.05) is 23.2 Å². The maximum atomic E-state index is 13.6. The molecule has 179 valence electrons.